The minimum absolute atomic E-state index is 0.144. The molecule has 0 aliphatic carbocycles. The monoisotopic (exact) mass is 305 g/mol. The van der Waals surface area contributed by atoms with Crippen molar-refractivity contribution in [3.05, 3.63) is 48.3 Å². The number of carbonyl (C=O) groups excluding carboxylic acids is 2. The summed E-state index contributed by atoms with van der Waals surface area (Å²) in [6.45, 7) is 1.65. The van der Waals surface area contributed by atoms with Crippen LogP contribution >= 0.6 is 0 Å². The second-order valence-corrected chi connectivity index (χ2v) is 4.70. The van der Waals surface area contributed by atoms with Gasteiger partial charge in [0, 0.05) is 18.9 Å². The van der Waals surface area contributed by atoms with Crippen molar-refractivity contribution in [2.24, 2.45) is 5.73 Å². The Morgan fingerprint density at radius 2 is 2.23 bits per heavy atom. The third-order valence-corrected chi connectivity index (χ3v) is 3.01. The largest absolute Gasteiger partial charge is 0.352 e. The molecule has 0 spiro atoms. The Kier molecular flexibility index (Phi) is 4.72. The molecule has 0 radical (unpaired) electrons. The number of hydrogen-bond acceptors (Lipinski definition) is 3. The van der Waals surface area contributed by atoms with Gasteiger partial charge in [-0.3, -0.25) is 4.79 Å². The van der Waals surface area contributed by atoms with Crippen molar-refractivity contribution < 1.29 is 14.0 Å². The summed E-state index contributed by atoms with van der Waals surface area (Å²) in [6, 6.07) is 3.10. The highest BCUT2D eigenvalue weighted by Crippen LogP contribution is 2.14. The van der Waals surface area contributed by atoms with Crippen molar-refractivity contribution >= 4 is 11.9 Å². The molecule has 0 aliphatic rings. The van der Waals surface area contributed by atoms with Gasteiger partial charge in [0.2, 0.25) is 5.91 Å². The van der Waals surface area contributed by atoms with Gasteiger partial charge in [0.1, 0.15) is 11.9 Å². The topological polar surface area (TPSA) is 102 Å². The van der Waals surface area contributed by atoms with Gasteiger partial charge in [-0.1, -0.05) is 6.07 Å². The number of nitrogens with two attached hydrogens (primary N) is 1. The van der Waals surface area contributed by atoms with Crippen LogP contribution in [0, 0.1) is 5.82 Å². The van der Waals surface area contributed by atoms with Crippen LogP contribution in [0.4, 0.5) is 9.18 Å². The van der Waals surface area contributed by atoms with Crippen LogP contribution in [0.1, 0.15) is 12.5 Å². The predicted octanol–water partition coefficient (Wildman–Crippen LogP) is 0.684. The summed E-state index contributed by atoms with van der Waals surface area (Å²) < 4.78 is 15.6. The van der Waals surface area contributed by atoms with E-state index in [0.717, 1.165) is 0 Å². The summed E-state index contributed by atoms with van der Waals surface area (Å²) in [5.41, 5.74) is 5.90. The molecule has 7 nitrogen and oxygen atoms in total. The molecule has 2 rings (SSSR count). The number of amides is 3. The van der Waals surface area contributed by atoms with Crippen molar-refractivity contribution in [2.45, 2.75) is 19.5 Å². The highest BCUT2D eigenvalue weighted by atomic mass is 19.1. The van der Waals surface area contributed by atoms with Crippen LogP contribution in [-0.4, -0.2) is 27.5 Å². The zero-order valence-electron chi connectivity index (χ0n) is 11.9. The third-order valence-electron chi connectivity index (χ3n) is 3.01. The van der Waals surface area contributed by atoms with Crippen molar-refractivity contribution in [1.29, 1.82) is 0 Å². The SMILES string of the molecule is CC(NC(N)=O)C(=O)NCc1ccc(-n2ccnc2)c(F)c1. The number of urea groups is 1. The minimum atomic E-state index is -0.779. The Bertz CT molecular complexity index is 672. The lowest BCUT2D eigenvalue weighted by molar-refractivity contribution is -0.122. The number of hydrogen-bond donors (Lipinski definition) is 3. The maximum Gasteiger partial charge on any atom is 0.312 e. The number of halogens is 1. The molecule has 1 heterocycles. The zero-order chi connectivity index (χ0) is 16.1. The Labute approximate surface area is 126 Å². The van der Waals surface area contributed by atoms with Crippen LogP contribution in [0.3, 0.4) is 0 Å². The second-order valence-electron chi connectivity index (χ2n) is 4.70. The Balaban J connectivity index is 1.98. The van der Waals surface area contributed by atoms with Gasteiger partial charge in [-0.25, -0.2) is 14.2 Å². The first-order valence-electron chi connectivity index (χ1n) is 6.58. The summed E-state index contributed by atoms with van der Waals surface area (Å²) in [5, 5.41) is 4.85. The van der Waals surface area contributed by atoms with E-state index >= 15 is 0 Å². The van der Waals surface area contributed by atoms with E-state index in [1.807, 2.05) is 0 Å². The molecule has 3 amide bonds. The molecule has 0 bridgehead atoms. The molecular weight excluding hydrogens is 289 g/mol. The van der Waals surface area contributed by atoms with Gasteiger partial charge in [0.15, 0.2) is 0 Å². The fourth-order valence-corrected chi connectivity index (χ4v) is 1.89. The van der Waals surface area contributed by atoms with Gasteiger partial charge in [-0.05, 0) is 24.6 Å². The normalized spacial score (nSPS) is 11.7. The second kappa shape index (κ2) is 6.70. The maximum absolute atomic E-state index is 14.0. The van der Waals surface area contributed by atoms with Gasteiger partial charge >= 0.3 is 6.03 Å². The first kappa shape index (κ1) is 15.5. The number of imidazole rings is 1. The van der Waals surface area contributed by atoms with Gasteiger partial charge in [0.05, 0.1) is 12.0 Å². The average Bonchev–Trinajstić information content (AvgIpc) is 2.98. The molecule has 0 fully saturated rings. The fourth-order valence-electron chi connectivity index (χ4n) is 1.89. The van der Waals surface area contributed by atoms with E-state index in [-0.39, 0.29) is 6.54 Å². The Hall–Kier alpha value is -2.90. The molecular formula is C14H16FN5O2. The number of nitrogens with zero attached hydrogens (tertiary/aromatic N) is 2. The van der Waals surface area contributed by atoms with Crippen molar-refractivity contribution in [2.75, 3.05) is 0 Å². The van der Waals surface area contributed by atoms with Crippen molar-refractivity contribution in [1.82, 2.24) is 20.2 Å². The summed E-state index contributed by atoms with van der Waals surface area (Å²) in [6.07, 6.45) is 4.69. The third kappa shape index (κ3) is 3.81. The standard InChI is InChI=1S/C14H16FN5O2/c1-9(19-14(16)22)13(21)18-7-10-2-3-12(11(15)6-10)20-5-4-17-8-20/h2-6,8-9H,7H2,1H3,(H,18,21)(H3,16,19,22). The molecule has 0 aliphatic heterocycles. The molecule has 1 aromatic heterocycles. The molecule has 2 aromatic rings. The average molecular weight is 305 g/mol. The number of aromatic nitrogens is 2. The molecule has 1 aromatic carbocycles. The highest BCUT2D eigenvalue weighted by molar-refractivity contribution is 5.86. The highest BCUT2D eigenvalue weighted by Gasteiger charge is 2.13. The van der Waals surface area contributed by atoms with E-state index in [0.29, 0.717) is 11.3 Å². The number of benzene rings is 1. The van der Waals surface area contributed by atoms with Gasteiger partial charge in [-0.15, -0.1) is 0 Å². The van der Waals surface area contributed by atoms with Crippen molar-refractivity contribution in [3.8, 4) is 5.69 Å². The van der Waals surface area contributed by atoms with Gasteiger partial charge < -0.3 is 20.9 Å². The Morgan fingerprint density at radius 1 is 1.45 bits per heavy atom. The first-order valence-corrected chi connectivity index (χ1v) is 6.58. The predicted molar refractivity (Wildman–Crippen MR) is 77.5 cm³/mol. The van der Waals surface area contributed by atoms with Crippen LogP contribution in [0.2, 0.25) is 0 Å². The number of carbonyl (C=O) groups is 2. The lowest BCUT2D eigenvalue weighted by Gasteiger charge is -2.13. The van der Waals surface area contributed by atoms with E-state index in [2.05, 4.69) is 15.6 Å². The van der Waals surface area contributed by atoms with E-state index in [9.17, 15) is 14.0 Å². The van der Waals surface area contributed by atoms with Crippen LogP contribution in [-0.2, 0) is 11.3 Å². The fraction of sp³-hybridized carbons (Fsp3) is 0.214. The lowest BCUT2D eigenvalue weighted by atomic mass is 10.2. The van der Waals surface area contributed by atoms with E-state index in [1.54, 1.807) is 29.1 Å². The van der Waals surface area contributed by atoms with Crippen LogP contribution < -0.4 is 16.4 Å². The smallest absolute Gasteiger partial charge is 0.312 e. The van der Waals surface area contributed by atoms with E-state index in [4.69, 9.17) is 5.73 Å². The maximum atomic E-state index is 14.0. The van der Waals surface area contributed by atoms with Gasteiger partial charge in [0.25, 0.3) is 0 Å². The summed E-state index contributed by atoms with van der Waals surface area (Å²) in [7, 11) is 0. The number of rotatable bonds is 5. The lowest BCUT2D eigenvalue weighted by Crippen LogP contribution is -2.46. The van der Waals surface area contributed by atoms with Crippen LogP contribution in [0.15, 0.2) is 36.9 Å². The molecule has 1 atom stereocenters. The summed E-state index contributed by atoms with van der Waals surface area (Å²) in [5.74, 6) is -0.828. The Morgan fingerprint density at radius 3 is 2.82 bits per heavy atom. The molecule has 0 saturated heterocycles. The quantitative estimate of drug-likeness (QED) is 0.757. The van der Waals surface area contributed by atoms with Gasteiger partial charge in [-0.2, -0.15) is 0 Å². The molecule has 116 valence electrons. The van der Waals surface area contributed by atoms with Crippen molar-refractivity contribution in [3.63, 3.8) is 0 Å². The molecule has 0 saturated carbocycles. The molecule has 1 unspecified atom stereocenters. The van der Waals surface area contributed by atoms with E-state index in [1.165, 1.54) is 19.3 Å². The van der Waals surface area contributed by atoms with E-state index < -0.39 is 23.8 Å². The number of nitrogens with one attached hydrogen (secondary N) is 2. The number of primary amides is 1. The first-order chi connectivity index (χ1) is 10.5. The summed E-state index contributed by atoms with van der Waals surface area (Å²) >= 11 is 0. The van der Waals surface area contributed by atoms with Crippen LogP contribution in [0.5, 0.6) is 0 Å². The molecule has 8 heteroatoms. The van der Waals surface area contributed by atoms with Crippen LogP contribution in [0.25, 0.3) is 5.69 Å². The zero-order valence-corrected chi connectivity index (χ0v) is 11.9. The summed E-state index contributed by atoms with van der Waals surface area (Å²) in [4.78, 5) is 26.2. The molecule has 4 N–H and O–H groups in total. The minimum Gasteiger partial charge on any atom is -0.352 e. The molecule has 22 heavy (non-hydrogen) atoms.